The standard InChI is InChI=1S/C16H33N3O2S.HI/c1-5-6-7-9-16(2,3)13-19-15(17-4)18-11-14-8-10-22(20,21)12-14;/h14H,5-13H2,1-4H3,(H2,17,18,19);1H. The average Bonchev–Trinajstić information content (AvgIpc) is 2.78. The van der Waals surface area contributed by atoms with Crippen LogP contribution in [0, 0.1) is 11.3 Å². The van der Waals surface area contributed by atoms with Gasteiger partial charge in [0.1, 0.15) is 0 Å². The molecule has 1 heterocycles. The predicted molar refractivity (Wildman–Crippen MR) is 109 cm³/mol. The Kier molecular flexibility index (Phi) is 10.7. The molecular weight excluding hydrogens is 425 g/mol. The first-order valence-electron chi connectivity index (χ1n) is 8.43. The van der Waals surface area contributed by atoms with Crippen molar-refractivity contribution in [1.29, 1.82) is 0 Å². The van der Waals surface area contributed by atoms with Gasteiger partial charge in [-0.15, -0.1) is 24.0 Å². The van der Waals surface area contributed by atoms with Crippen molar-refractivity contribution in [1.82, 2.24) is 10.6 Å². The van der Waals surface area contributed by atoms with Crippen LogP contribution in [0.2, 0.25) is 0 Å². The van der Waals surface area contributed by atoms with Crippen LogP contribution >= 0.6 is 24.0 Å². The van der Waals surface area contributed by atoms with Crippen molar-refractivity contribution in [3.05, 3.63) is 0 Å². The Balaban J connectivity index is 0.00000484. The van der Waals surface area contributed by atoms with E-state index in [1.807, 2.05) is 0 Å². The van der Waals surface area contributed by atoms with E-state index >= 15 is 0 Å². The Hall–Kier alpha value is -0.0500. The van der Waals surface area contributed by atoms with E-state index in [0.29, 0.717) is 18.1 Å². The molecule has 0 radical (unpaired) electrons. The van der Waals surface area contributed by atoms with E-state index in [-0.39, 0.29) is 35.3 Å². The molecule has 1 saturated heterocycles. The number of unbranched alkanes of at least 4 members (excludes halogenated alkanes) is 2. The Morgan fingerprint density at radius 1 is 1.26 bits per heavy atom. The number of hydrogen-bond donors (Lipinski definition) is 2. The third kappa shape index (κ3) is 9.74. The maximum Gasteiger partial charge on any atom is 0.191 e. The van der Waals surface area contributed by atoms with Gasteiger partial charge in [0.15, 0.2) is 15.8 Å². The zero-order chi connectivity index (χ0) is 16.6. The fraction of sp³-hybridized carbons (Fsp3) is 0.938. The highest BCUT2D eigenvalue weighted by atomic mass is 127. The van der Waals surface area contributed by atoms with Gasteiger partial charge in [0.2, 0.25) is 0 Å². The molecular formula is C16H34IN3O2S. The average molecular weight is 459 g/mol. The van der Waals surface area contributed by atoms with E-state index in [2.05, 4.69) is 36.4 Å². The third-order valence-corrected chi connectivity index (χ3v) is 6.14. The lowest BCUT2D eigenvalue weighted by Gasteiger charge is -2.26. The van der Waals surface area contributed by atoms with Crippen molar-refractivity contribution in [2.24, 2.45) is 16.3 Å². The maximum atomic E-state index is 11.5. The Morgan fingerprint density at radius 3 is 2.48 bits per heavy atom. The van der Waals surface area contributed by atoms with E-state index in [1.54, 1.807) is 7.05 Å². The van der Waals surface area contributed by atoms with Crippen LogP contribution in [0.5, 0.6) is 0 Å². The van der Waals surface area contributed by atoms with E-state index in [9.17, 15) is 8.42 Å². The highest BCUT2D eigenvalue weighted by Crippen LogP contribution is 2.22. The fourth-order valence-corrected chi connectivity index (χ4v) is 4.62. The molecule has 5 nitrogen and oxygen atoms in total. The Morgan fingerprint density at radius 2 is 1.96 bits per heavy atom. The molecule has 1 aliphatic heterocycles. The van der Waals surface area contributed by atoms with Crippen molar-refractivity contribution >= 4 is 39.8 Å². The molecule has 0 spiro atoms. The summed E-state index contributed by atoms with van der Waals surface area (Å²) in [4.78, 5) is 4.23. The number of guanidine groups is 1. The molecule has 0 amide bonds. The van der Waals surface area contributed by atoms with Gasteiger partial charge in [-0.05, 0) is 24.2 Å². The summed E-state index contributed by atoms with van der Waals surface area (Å²) in [5.41, 5.74) is 0.240. The van der Waals surface area contributed by atoms with Crippen LogP contribution in [0.3, 0.4) is 0 Å². The molecule has 1 unspecified atom stereocenters. The second kappa shape index (κ2) is 10.7. The molecule has 1 fully saturated rings. The summed E-state index contributed by atoms with van der Waals surface area (Å²) in [6, 6.07) is 0. The van der Waals surface area contributed by atoms with Gasteiger partial charge in [0, 0.05) is 20.1 Å². The largest absolute Gasteiger partial charge is 0.356 e. The number of halogens is 1. The summed E-state index contributed by atoms with van der Waals surface area (Å²) < 4.78 is 22.9. The van der Waals surface area contributed by atoms with Crippen molar-refractivity contribution in [2.75, 3.05) is 31.6 Å². The summed E-state index contributed by atoms with van der Waals surface area (Å²) in [6.07, 6.45) is 5.75. The molecule has 1 rings (SSSR count). The summed E-state index contributed by atoms with van der Waals surface area (Å²) in [7, 11) is -1.04. The lowest BCUT2D eigenvalue weighted by Crippen LogP contribution is -2.43. The normalized spacial score (nSPS) is 20.9. The lowest BCUT2D eigenvalue weighted by molar-refractivity contribution is 0.318. The lowest BCUT2D eigenvalue weighted by atomic mass is 9.87. The molecule has 0 aliphatic carbocycles. The monoisotopic (exact) mass is 459 g/mol. The minimum atomic E-state index is -2.80. The van der Waals surface area contributed by atoms with Gasteiger partial charge >= 0.3 is 0 Å². The van der Waals surface area contributed by atoms with Gasteiger partial charge < -0.3 is 10.6 Å². The van der Waals surface area contributed by atoms with Crippen molar-refractivity contribution in [3.63, 3.8) is 0 Å². The molecule has 0 bridgehead atoms. The topological polar surface area (TPSA) is 70.6 Å². The summed E-state index contributed by atoms with van der Waals surface area (Å²) in [5, 5.41) is 6.63. The fourth-order valence-electron chi connectivity index (χ4n) is 2.76. The Labute approximate surface area is 159 Å². The second-order valence-electron chi connectivity index (χ2n) is 7.20. The van der Waals surface area contributed by atoms with Crippen LogP contribution in [-0.2, 0) is 9.84 Å². The second-order valence-corrected chi connectivity index (χ2v) is 9.43. The maximum absolute atomic E-state index is 11.5. The van der Waals surface area contributed by atoms with Crippen molar-refractivity contribution in [2.45, 2.75) is 52.9 Å². The number of nitrogens with one attached hydrogen (secondary N) is 2. The van der Waals surface area contributed by atoms with E-state index < -0.39 is 9.84 Å². The van der Waals surface area contributed by atoms with Gasteiger partial charge in [0.05, 0.1) is 11.5 Å². The first kappa shape index (κ1) is 22.9. The zero-order valence-electron chi connectivity index (χ0n) is 15.0. The Bertz CT molecular complexity index is 464. The van der Waals surface area contributed by atoms with Crippen LogP contribution in [0.15, 0.2) is 4.99 Å². The smallest absolute Gasteiger partial charge is 0.191 e. The molecule has 23 heavy (non-hydrogen) atoms. The highest BCUT2D eigenvalue weighted by molar-refractivity contribution is 14.0. The van der Waals surface area contributed by atoms with Crippen molar-refractivity contribution in [3.8, 4) is 0 Å². The molecule has 0 aromatic heterocycles. The predicted octanol–water partition coefficient (Wildman–Crippen LogP) is 2.81. The van der Waals surface area contributed by atoms with Gasteiger partial charge in [-0.1, -0.05) is 40.0 Å². The van der Waals surface area contributed by atoms with Gasteiger partial charge in [-0.25, -0.2) is 8.42 Å². The zero-order valence-corrected chi connectivity index (χ0v) is 18.2. The van der Waals surface area contributed by atoms with Crippen LogP contribution < -0.4 is 10.6 Å². The van der Waals surface area contributed by atoms with Crippen molar-refractivity contribution < 1.29 is 8.42 Å². The number of hydrogen-bond acceptors (Lipinski definition) is 3. The molecule has 7 heteroatoms. The summed E-state index contributed by atoms with van der Waals surface area (Å²) >= 11 is 0. The van der Waals surface area contributed by atoms with Gasteiger partial charge in [-0.3, -0.25) is 4.99 Å². The van der Waals surface area contributed by atoms with Crippen LogP contribution in [0.25, 0.3) is 0 Å². The molecule has 1 atom stereocenters. The summed E-state index contributed by atoms with van der Waals surface area (Å²) in [5.74, 6) is 1.61. The highest BCUT2D eigenvalue weighted by Gasteiger charge is 2.27. The quantitative estimate of drug-likeness (QED) is 0.254. The number of rotatable bonds is 8. The minimum absolute atomic E-state index is 0. The summed E-state index contributed by atoms with van der Waals surface area (Å²) in [6.45, 7) is 8.31. The number of aliphatic imine (C=N–C) groups is 1. The molecule has 138 valence electrons. The van der Waals surface area contributed by atoms with Crippen LogP contribution in [-0.4, -0.2) is 46.0 Å². The first-order valence-corrected chi connectivity index (χ1v) is 10.2. The SMILES string of the molecule is CCCCCC(C)(C)CNC(=NC)NCC1CCS(=O)(=O)C1.I. The first-order chi connectivity index (χ1) is 10.3. The van der Waals surface area contributed by atoms with Crippen LogP contribution in [0.1, 0.15) is 52.9 Å². The van der Waals surface area contributed by atoms with Gasteiger partial charge in [0.25, 0.3) is 0 Å². The van der Waals surface area contributed by atoms with E-state index in [0.717, 1.165) is 18.9 Å². The third-order valence-electron chi connectivity index (χ3n) is 4.30. The molecule has 1 aliphatic rings. The van der Waals surface area contributed by atoms with Gasteiger partial charge in [-0.2, -0.15) is 0 Å². The molecule has 0 aromatic rings. The molecule has 0 aromatic carbocycles. The molecule has 2 N–H and O–H groups in total. The minimum Gasteiger partial charge on any atom is -0.356 e. The van der Waals surface area contributed by atoms with E-state index in [4.69, 9.17) is 0 Å². The molecule has 0 saturated carbocycles. The number of nitrogens with zero attached hydrogens (tertiary/aromatic N) is 1. The number of sulfone groups is 1. The van der Waals surface area contributed by atoms with E-state index in [1.165, 1.54) is 25.7 Å². The van der Waals surface area contributed by atoms with Crippen LogP contribution in [0.4, 0.5) is 0 Å².